The van der Waals surface area contributed by atoms with Crippen LogP contribution in [0.4, 0.5) is 0 Å². The molecule has 0 atom stereocenters. The van der Waals surface area contributed by atoms with E-state index in [0.29, 0.717) is 17.5 Å². The Labute approximate surface area is 368 Å². The first-order valence-corrected chi connectivity index (χ1v) is 21.6. The summed E-state index contributed by atoms with van der Waals surface area (Å²) in [6, 6.07) is 76.7. The fourth-order valence-electron chi connectivity index (χ4n) is 9.61. The Morgan fingerprint density at radius 3 is 1.30 bits per heavy atom. The maximum absolute atomic E-state index is 5.48. The topological polar surface area (TPSA) is 61.4 Å². The van der Waals surface area contributed by atoms with Gasteiger partial charge in [-0.15, -0.1) is 0 Å². The van der Waals surface area contributed by atoms with Crippen LogP contribution in [0, 0.1) is 0 Å². The third-order valence-electron chi connectivity index (χ3n) is 12.6. The molecule has 64 heavy (non-hydrogen) atoms. The lowest BCUT2D eigenvalue weighted by Crippen LogP contribution is -2.01. The lowest BCUT2D eigenvalue weighted by atomic mass is 10.00. The fourth-order valence-corrected chi connectivity index (χ4v) is 9.61. The zero-order chi connectivity index (χ0) is 42.1. The standard InChI is InChI=1S/C58H36N6/c1-3-16-38(17-4-1)53-52-47-23-11-14-26-51(47)64(55(52)48-36-31-37-15-7-8-20-44(37)54(48)59-53)43-34-29-41(30-35-43)58-61-56(39-18-5-2-6-19-39)60-57(62-58)40-27-32-42(33-28-40)63-49-24-12-9-21-45(49)46-22-10-13-25-50(46)63/h1-36H. The van der Waals surface area contributed by atoms with E-state index in [2.05, 4.69) is 197 Å². The van der Waals surface area contributed by atoms with Crippen molar-refractivity contribution >= 4 is 65.3 Å². The number of aromatic nitrogens is 6. The second-order valence-electron chi connectivity index (χ2n) is 16.2. The number of nitrogens with zero attached hydrogens (tertiary/aromatic N) is 6. The molecule has 13 aromatic rings. The highest BCUT2D eigenvalue weighted by Crippen LogP contribution is 2.43. The third kappa shape index (κ3) is 5.66. The zero-order valence-electron chi connectivity index (χ0n) is 34.5. The van der Waals surface area contributed by atoms with Gasteiger partial charge in [0, 0.05) is 65.9 Å². The number of benzene rings is 9. The molecule has 0 aliphatic carbocycles. The third-order valence-corrected chi connectivity index (χ3v) is 12.6. The first kappa shape index (κ1) is 36.0. The van der Waals surface area contributed by atoms with Gasteiger partial charge in [0.05, 0.1) is 33.3 Å². The molecule has 0 saturated heterocycles. The van der Waals surface area contributed by atoms with Crippen LogP contribution in [-0.4, -0.2) is 29.1 Å². The van der Waals surface area contributed by atoms with Gasteiger partial charge in [0.25, 0.3) is 0 Å². The summed E-state index contributed by atoms with van der Waals surface area (Å²) in [5.74, 6) is 1.85. The maximum atomic E-state index is 5.48. The number of hydrogen-bond acceptors (Lipinski definition) is 4. The fraction of sp³-hybridized carbons (Fsp3) is 0. The Hall–Kier alpha value is -8.74. The Bertz CT molecular complexity index is 3870. The van der Waals surface area contributed by atoms with Gasteiger partial charge in [-0.3, -0.25) is 0 Å². The highest BCUT2D eigenvalue weighted by Gasteiger charge is 2.22. The van der Waals surface area contributed by atoms with Crippen LogP contribution < -0.4 is 0 Å². The highest BCUT2D eigenvalue weighted by molar-refractivity contribution is 6.25. The number of fused-ring (bicyclic) bond motifs is 10. The number of rotatable bonds is 6. The molecule has 298 valence electrons. The minimum absolute atomic E-state index is 0.608. The SMILES string of the molecule is c1ccc(-c2nc(-c3ccc(-n4c5ccccc5c5ccccc54)cc3)nc(-c3ccc(-n4c5ccccc5c5c(-c6ccccc6)nc6c7ccccc7ccc6c54)cc3)n2)cc1. The van der Waals surface area contributed by atoms with Gasteiger partial charge >= 0.3 is 0 Å². The van der Waals surface area contributed by atoms with E-state index >= 15 is 0 Å². The van der Waals surface area contributed by atoms with Gasteiger partial charge in [0.1, 0.15) is 0 Å². The molecule has 0 bridgehead atoms. The summed E-state index contributed by atoms with van der Waals surface area (Å²) in [4.78, 5) is 20.8. The highest BCUT2D eigenvalue weighted by atomic mass is 15.0. The summed E-state index contributed by atoms with van der Waals surface area (Å²) in [6.45, 7) is 0. The molecular formula is C58H36N6. The molecule has 0 aliphatic heterocycles. The molecule has 0 aliphatic rings. The second kappa shape index (κ2) is 14.4. The van der Waals surface area contributed by atoms with Gasteiger partial charge in [0.15, 0.2) is 17.5 Å². The summed E-state index contributed by atoms with van der Waals surface area (Å²) < 4.78 is 4.72. The van der Waals surface area contributed by atoms with E-state index in [4.69, 9.17) is 19.9 Å². The molecule has 0 unspecified atom stereocenters. The van der Waals surface area contributed by atoms with E-state index in [1.807, 2.05) is 30.3 Å². The van der Waals surface area contributed by atoms with E-state index in [-0.39, 0.29) is 0 Å². The average molecular weight is 817 g/mol. The predicted molar refractivity (Wildman–Crippen MR) is 263 cm³/mol. The first-order valence-electron chi connectivity index (χ1n) is 21.6. The lowest BCUT2D eigenvalue weighted by Gasteiger charge is -2.14. The monoisotopic (exact) mass is 816 g/mol. The molecule has 0 spiro atoms. The minimum atomic E-state index is 0.608. The van der Waals surface area contributed by atoms with Crippen LogP contribution in [-0.2, 0) is 0 Å². The Balaban J connectivity index is 0.965. The van der Waals surface area contributed by atoms with Crippen molar-refractivity contribution in [2.75, 3.05) is 0 Å². The van der Waals surface area contributed by atoms with E-state index in [9.17, 15) is 0 Å². The van der Waals surface area contributed by atoms with Crippen molar-refractivity contribution in [3.63, 3.8) is 0 Å². The predicted octanol–water partition coefficient (Wildman–Crippen LogP) is 14.4. The van der Waals surface area contributed by atoms with Crippen molar-refractivity contribution in [2.24, 2.45) is 0 Å². The van der Waals surface area contributed by atoms with Gasteiger partial charge in [-0.05, 0) is 72.1 Å². The largest absolute Gasteiger partial charge is 0.309 e. The molecule has 13 rings (SSSR count). The first-order chi connectivity index (χ1) is 31.7. The quantitative estimate of drug-likeness (QED) is 0.157. The van der Waals surface area contributed by atoms with Crippen molar-refractivity contribution in [1.82, 2.24) is 29.1 Å². The minimum Gasteiger partial charge on any atom is -0.309 e. The van der Waals surface area contributed by atoms with Gasteiger partial charge in [0.2, 0.25) is 0 Å². The van der Waals surface area contributed by atoms with E-state index in [0.717, 1.165) is 77.4 Å². The van der Waals surface area contributed by atoms with Crippen molar-refractivity contribution in [3.8, 4) is 56.8 Å². The molecular weight excluding hydrogens is 781 g/mol. The summed E-state index contributed by atoms with van der Waals surface area (Å²) in [5, 5.41) is 8.15. The van der Waals surface area contributed by atoms with Crippen LogP contribution in [0.3, 0.4) is 0 Å². The Morgan fingerprint density at radius 1 is 0.281 bits per heavy atom. The molecule has 9 aromatic carbocycles. The molecule has 4 aromatic heterocycles. The Kier molecular flexibility index (Phi) is 8.11. The van der Waals surface area contributed by atoms with E-state index in [1.165, 1.54) is 27.2 Å². The van der Waals surface area contributed by atoms with Crippen LogP contribution in [0.25, 0.3) is 122 Å². The molecule has 0 amide bonds. The molecule has 0 radical (unpaired) electrons. The van der Waals surface area contributed by atoms with Crippen molar-refractivity contribution in [2.45, 2.75) is 0 Å². The zero-order valence-corrected chi connectivity index (χ0v) is 34.5. The number of hydrogen-bond donors (Lipinski definition) is 0. The summed E-state index contributed by atoms with van der Waals surface area (Å²) in [5.41, 5.74) is 12.5. The van der Waals surface area contributed by atoms with E-state index in [1.54, 1.807) is 0 Å². The van der Waals surface area contributed by atoms with Crippen LogP contribution in [0.1, 0.15) is 0 Å². The van der Waals surface area contributed by atoms with E-state index < -0.39 is 0 Å². The summed E-state index contributed by atoms with van der Waals surface area (Å²) in [7, 11) is 0. The van der Waals surface area contributed by atoms with Crippen molar-refractivity contribution in [1.29, 1.82) is 0 Å². The van der Waals surface area contributed by atoms with Crippen molar-refractivity contribution < 1.29 is 0 Å². The van der Waals surface area contributed by atoms with Gasteiger partial charge in [-0.2, -0.15) is 0 Å². The van der Waals surface area contributed by atoms with Crippen LogP contribution in [0.15, 0.2) is 218 Å². The van der Waals surface area contributed by atoms with Crippen LogP contribution in [0.2, 0.25) is 0 Å². The smallest absolute Gasteiger partial charge is 0.164 e. The van der Waals surface area contributed by atoms with Gasteiger partial charge in [-0.1, -0.05) is 152 Å². The molecule has 6 heteroatoms. The molecule has 0 saturated carbocycles. The Morgan fingerprint density at radius 2 is 0.719 bits per heavy atom. The lowest BCUT2D eigenvalue weighted by molar-refractivity contribution is 1.07. The molecule has 0 fully saturated rings. The molecule has 0 N–H and O–H groups in total. The van der Waals surface area contributed by atoms with Gasteiger partial charge in [-0.25, -0.2) is 19.9 Å². The average Bonchev–Trinajstić information content (AvgIpc) is 3.90. The summed E-state index contributed by atoms with van der Waals surface area (Å²) in [6.07, 6.45) is 0. The van der Waals surface area contributed by atoms with Crippen LogP contribution >= 0.6 is 0 Å². The van der Waals surface area contributed by atoms with Gasteiger partial charge < -0.3 is 9.13 Å². The molecule has 4 heterocycles. The van der Waals surface area contributed by atoms with Crippen molar-refractivity contribution in [3.05, 3.63) is 218 Å². The number of para-hydroxylation sites is 3. The summed E-state index contributed by atoms with van der Waals surface area (Å²) >= 11 is 0. The second-order valence-corrected chi connectivity index (χ2v) is 16.2. The normalized spacial score (nSPS) is 11.8. The molecule has 6 nitrogen and oxygen atoms in total. The number of pyridine rings is 1. The van der Waals surface area contributed by atoms with Crippen LogP contribution in [0.5, 0.6) is 0 Å². The maximum Gasteiger partial charge on any atom is 0.164 e.